The van der Waals surface area contributed by atoms with E-state index in [1.807, 2.05) is 11.3 Å². The fourth-order valence-corrected chi connectivity index (χ4v) is 5.25. The largest absolute Gasteiger partial charge is 0.310 e. The molecule has 1 spiro atoms. The molecule has 0 bridgehead atoms. The predicted octanol–water partition coefficient (Wildman–Crippen LogP) is 4.05. The highest BCUT2D eigenvalue weighted by Gasteiger charge is 2.38. The van der Waals surface area contributed by atoms with E-state index >= 15 is 0 Å². The molecule has 0 atom stereocenters. The monoisotopic (exact) mass is 261 g/mol. The van der Waals surface area contributed by atoms with Crippen LogP contribution in [-0.2, 0) is 19.4 Å². The van der Waals surface area contributed by atoms with E-state index < -0.39 is 0 Å². The van der Waals surface area contributed by atoms with Crippen LogP contribution in [-0.4, -0.2) is 6.04 Å². The lowest BCUT2D eigenvalue weighted by molar-refractivity contribution is 0.257. The van der Waals surface area contributed by atoms with Gasteiger partial charge in [-0.1, -0.05) is 12.8 Å². The Bertz CT molecular complexity index is 438. The van der Waals surface area contributed by atoms with Gasteiger partial charge in [-0.15, -0.1) is 11.3 Å². The first-order valence-electron chi connectivity index (χ1n) is 7.66. The van der Waals surface area contributed by atoms with Gasteiger partial charge >= 0.3 is 0 Å². The first-order chi connectivity index (χ1) is 8.85. The summed E-state index contributed by atoms with van der Waals surface area (Å²) < 4.78 is 0. The third kappa shape index (κ3) is 2.04. The predicted molar refractivity (Wildman–Crippen MR) is 77.1 cm³/mol. The van der Waals surface area contributed by atoms with E-state index in [-0.39, 0.29) is 0 Å². The number of hydrogen-bond acceptors (Lipinski definition) is 2. The van der Waals surface area contributed by atoms with Crippen molar-refractivity contribution in [2.24, 2.45) is 5.41 Å². The van der Waals surface area contributed by atoms with Gasteiger partial charge in [-0.3, -0.25) is 0 Å². The van der Waals surface area contributed by atoms with E-state index in [0.29, 0.717) is 0 Å². The molecule has 4 rings (SSSR count). The minimum atomic E-state index is 0.721. The SMILES string of the molecule is c1sc2c(c1CNC1CC1)CCC1(CCCC1)C2. The van der Waals surface area contributed by atoms with Crippen molar-refractivity contribution in [1.82, 2.24) is 5.32 Å². The number of hydrogen-bond donors (Lipinski definition) is 1. The summed E-state index contributed by atoms with van der Waals surface area (Å²) in [5.41, 5.74) is 4.07. The van der Waals surface area contributed by atoms with E-state index in [2.05, 4.69) is 10.7 Å². The molecule has 1 aromatic heterocycles. The van der Waals surface area contributed by atoms with Crippen molar-refractivity contribution < 1.29 is 0 Å². The van der Waals surface area contributed by atoms with Gasteiger partial charge in [0, 0.05) is 17.5 Å². The number of fused-ring (bicyclic) bond motifs is 1. The third-order valence-electron chi connectivity index (χ3n) is 5.33. The average Bonchev–Trinajstić information content (AvgIpc) is 2.98. The Morgan fingerprint density at radius 1 is 1.22 bits per heavy atom. The summed E-state index contributed by atoms with van der Waals surface area (Å²) in [4.78, 5) is 1.73. The topological polar surface area (TPSA) is 12.0 Å². The maximum atomic E-state index is 3.68. The minimum absolute atomic E-state index is 0.721. The van der Waals surface area contributed by atoms with Crippen molar-refractivity contribution in [2.45, 2.75) is 70.4 Å². The Labute approximate surface area is 114 Å². The summed E-state index contributed by atoms with van der Waals surface area (Å²) in [5.74, 6) is 0. The molecule has 1 aromatic rings. The second-order valence-corrected chi connectivity index (χ2v) is 7.67. The Morgan fingerprint density at radius 3 is 2.83 bits per heavy atom. The zero-order valence-electron chi connectivity index (χ0n) is 11.1. The van der Waals surface area contributed by atoms with Gasteiger partial charge in [0.25, 0.3) is 0 Å². The van der Waals surface area contributed by atoms with Crippen molar-refractivity contribution in [3.63, 3.8) is 0 Å². The highest BCUT2D eigenvalue weighted by Crippen LogP contribution is 2.49. The van der Waals surface area contributed by atoms with Crippen LogP contribution >= 0.6 is 11.3 Å². The van der Waals surface area contributed by atoms with Gasteiger partial charge in [0.15, 0.2) is 0 Å². The summed E-state index contributed by atoms with van der Waals surface area (Å²) >= 11 is 2.04. The quantitative estimate of drug-likeness (QED) is 0.865. The number of thiophene rings is 1. The second-order valence-electron chi connectivity index (χ2n) is 6.70. The second kappa shape index (κ2) is 4.35. The minimum Gasteiger partial charge on any atom is -0.310 e. The molecule has 2 heteroatoms. The van der Waals surface area contributed by atoms with Gasteiger partial charge in [0.1, 0.15) is 0 Å². The molecule has 0 unspecified atom stereocenters. The van der Waals surface area contributed by atoms with Crippen molar-refractivity contribution >= 4 is 11.3 Å². The van der Waals surface area contributed by atoms with Gasteiger partial charge in [-0.25, -0.2) is 0 Å². The van der Waals surface area contributed by atoms with Crippen molar-refractivity contribution in [2.75, 3.05) is 0 Å². The molecule has 98 valence electrons. The van der Waals surface area contributed by atoms with Crippen molar-refractivity contribution in [3.8, 4) is 0 Å². The Morgan fingerprint density at radius 2 is 2.06 bits per heavy atom. The number of nitrogens with one attached hydrogen (secondary N) is 1. The van der Waals surface area contributed by atoms with Gasteiger partial charge in [-0.05, 0) is 66.9 Å². The van der Waals surface area contributed by atoms with Crippen molar-refractivity contribution in [3.05, 3.63) is 21.4 Å². The Hall–Kier alpha value is -0.340. The lowest BCUT2D eigenvalue weighted by Gasteiger charge is -2.33. The maximum Gasteiger partial charge on any atom is 0.0219 e. The summed E-state index contributed by atoms with van der Waals surface area (Å²) in [6.07, 6.45) is 13.0. The van der Waals surface area contributed by atoms with Gasteiger partial charge in [-0.2, -0.15) is 0 Å². The zero-order chi connectivity index (χ0) is 12.0. The van der Waals surface area contributed by atoms with Crippen LogP contribution in [0.1, 0.15) is 60.9 Å². The summed E-state index contributed by atoms with van der Waals surface area (Å²) in [7, 11) is 0. The molecule has 2 saturated carbocycles. The number of rotatable bonds is 3. The molecule has 0 aliphatic heterocycles. The van der Waals surface area contributed by atoms with E-state index in [4.69, 9.17) is 0 Å². The molecule has 0 amide bonds. The molecule has 3 aliphatic rings. The molecular weight excluding hydrogens is 238 g/mol. The zero-order valence-corrected chi connectivity index (χ0v) is 12.0. The van der Waals surface area contributed by atoms with Crippen LogP contribution in [0, 0.1) is 5.41 Å². The Balaban J connectivity index is 1.50. The van der Waals surface area contributed by atoms with Crippen LogP contribution in [0.25, 0.3) is 0 Å². The van der Waals surface area contributed by atoms with Crippen LogP contribution in [0.2, 0.25) is 0 Å². The molecule has 0 saturated heterocycles. The van der Waals surface area contributed by atoms with Crippen LogP contribution in [0.5, 0.6) is 0 Å². The van der Waals surface area contributed by atoms with Gasteiger partial charge in [0.2, 0.25) is 0 Å². The van der Waals surface area contributed by atoms with Crippen LogP contribution in [0.3, 0.4) is 0 Å². The lowest BCUT2D eigenvalue weighted by atomic mass is 9.72. The lowest BCUT2D eigenvalue weighted by Crippen LogP contribution is -2.25. The van der Waals surface area contributed by atoms with Gasteiger partial charge in [0.05, 0.1) is 0 Å². The molecule has 3 aliphatic carbocycles. The molecule has 0 aromatic carbocycles. The first kappa shape index (κ1) is 11.5. The van der Waals surface area contributed by atoms with E-state index in [9.17, 15) is 0 Å². The van der Waals surface area contributed by atoms with Crippen molar-refractivity contribution in [1.29, 1.82) is 0 Å². The molecule has 1 nitrogen and oxygen atoms in total. The van der Waals surface area contributed by atoms with E-state index in [1.54, 1.807) is 16.0 Å². The fraction of sp³-hybridized carbons (Fsp3) is 0.750. The van der Waals surface area contributed by atoms with Gasteiger partial charge < -0.3 is 5.32 Å². The normalized spacial score (nSPS) is 25.6. The molecule has 2 fully saturated rings. The third-order valence-corrected chi connectivity index (χ3v) is 6.41. The fourth-order valence-electron chi connectivity index (χ4n) is 3.97. The van der Waals surface area contributed by atoms with E-state index in [0.717, 1.165) is 18.0 Å². The first-order valence-corrected chi connectivity index (χ1v) is 8.54. The smallest absolute Gasteiger partial charge is 0.0219 e. The summed E-state index contributed by atoms with van der Waals surface area (Å²) in [6.45, 7) is 1.13. The standard InChI is InChI=1S/C16H23NS/c1-2-7-16(6-1)8-5-14-12(10-17-13-3-4-13)11-18-15(14)9-16/h11,13,17H,1-10H2. The molecule has 1 heterocycles. The summed E-state index contributed by atoms with van der Waals surface area (Å²) in [5, 5.41) is 6.12. The van der Waals surface area contributed by atoms with Crippen LogP contribution in [0.4, 0.5) is 0 Å². The Kier molecular flexibility index (Phi) is 2.77. The van der Waals surface area contributed by atoms with E-state index in [1.165, 1.54) is 57.8 Å². The highest BCUT2D eigenvalue weighted by molar-refractivity contribution is 7.10. The average molecular weight is 261 g/mol. The summed E-state index contributed by atoms with van der Waals surface area (Å²) in [6, 6.07) is 0.838. The van der Waals surface area contributed by atoms with Crippen LogP contribution < -0.4 is 5.32 Å². The van der Waals surface area contributed by atoms with Crippen LogP contribution in [0.15, 0.2) is 5.38 Å². The molecule has 18 heavy (non-hydrogen) atoms. The maximum absolute atomic E-state index is 3.68. The molecule has 0 radical (unpaired) electrons. The molecule has 1 N–H and O–H groups in total. The molecular formula is C16H23NS. The highest BCUT2D eigenvalue weighted by atomic mass is 32.1.